The predicted molar refractivity (Wildman–Crippen MR) is 57.9 cm³/mol. The first-order valence-electron chi connectivity index (χ1n) is 4.29. The molecule has 5 heteroatoms. The Morgan fingerprint density at radius 1 is 1.53 bits per heavy atom. The number of rotatable bonds is 3. The highest BCUT2D eigenvalue weighted by molar-refractivity contribution is 9.10. The Hall–Kier alpha value is -0.810. The highest BCUT2D eigenvalue weighted by Crippen LogP contribution is 2.38. The molecule has 3 nitrogen and oxygen atoms in total. The van der Waals surface area contributed by atoms with Gasteiger partial charge in [0, 0.05) is 10.0 Å². The number of aliphatic hydroxyl groups is 1. The number of aromatic hydroxyl groups is 1. The second kappa shape index (κ2) is 4.37. The summed E-state index contributed by atoms with van der Waals surface area (Å²) in [4.78, 5) is 0. The lowest BCUT2D eigenvalue weighted by atomic mass is 9.98. The van der Waals surface area contributed by atoms with E-state index in [1.54, 1.807) is 0 Å². The molecule has 0 aliphatic carbocycles. The van der Waals surface area contributed by atoms with Gasteiger partial charge in [-0.3, -0.25) is 0 Å². The molecule has 0 bridgehead atoms. The van der Waals surface area contributed by atoms with Gasteiger partial charge in [-0.1, -0.05) is 15.9 Å². The van der Waals surface area contributed by atoms with Crippen LogP contribution in [0.2, 0.25) is 0 Å². The summed E-state index contributed by atoms with van der Waals surface area (Å²) < 4.78 is 19.1. The largest absolute Gasteiger partial charge is 0.504 e. The van der Waals surface area contributed by atoms with Crippen LogP contribution in [0, 0.1) is 0 Å². The first kappa shape index (κ1) is 12.3. The summed E-state index contributed by atoms with van der Waals surface area (Å²) >= 11 is 3.12. The van der Waals surface area contributed by atoms with Crippen molar-refractivity contribution >= 4 is 15.9 Å². The van der Waals surface area contributed by atoms with Gasteiger partial charge in [0.1, 0.15) is 0 Å². The molecule has 0 aliphatic heterocycles. The summed E-state index contributed by atoms with van der Waals surface area (Å²) in [5, 5.41) is 18.3. The Kier molecular flexibility index (Phi) is 3.57. The van der Waals surface area contributed by atoms with Gasteiger partial charge < -0.3 is 14.9 Å². The van der Waals surface area contributed by atoms with Gasteiger partial charge in [0.25, 0.3) is 0 Å². The zero-order valence-electron chi connectivity index (χ0n) is 8.42. The normalized spacial score (nSPS) is 14.7. The maximum absolute atomic E-state index is 13.8. The van der Waals surface area contributed by atoms with E-state index in [1.807, 2.05) is 0 Å². The minimum atomic E-state index is -1.88. The summed E-state index contributed by atoms with van der Waals surface area (Å²) in [6.45, 7) is 0.614. The van der Waals surface area contributed by atoms with Crippen LogP contribution in [0.25, 0.3) is 0 Å². The van der Waals surface area contributed by atoms with Crippen molar-refractivity contribution in [3.8, 4) is 11.5 Å². The van der Waals surface area contributed by atoms with Gasteiger partial charge in [0.05, 0.1) is 13.7 Å². The van der Waals surface area contributed by atoms with Gasteiger partial charge in [-0.25, -0.2) is 4.39 Å². The van der Waals surface area contributed by atoms with E-state index in [9.17, 15) is 9.50 Å². The van der Waals surface area contributed by atoms with Crippen molar-refractivity contribution in [2.45, 2.75) is 12.6 Å². The minimum Gasteiger partial charge on any atom is -0.504 e. The number of ether oxygens (including phenoxy) is 1. The average molecular weight is 279 g/mol. The number of benzene rings is 1. The quantitative estimate of drug-likeness (QED) is 0.892. The molecule has 0 saturated heterocycles. The van der Waals surface area contributed by atoms with E-state index in [-0.39, 0.29) is 17.1 Å². The third-order valence-corrected chi connectivity index (χ3v) is 2.78. The Labute approximate surface area is 95.6 Å². The third kappa shape index (κ3) is 2.41. The predicted octanol–water partition coefficient (Wildman–Crippen LogP) is 2.34. The number of phenols is 1. The Bertz CT molecular complexity index is 366. The van der Waals surface area contributed by atoms with E-state index in [4.69, 9.17) is 9.84 Å². The van der Waals surface area contributed by atoms with E-state index in [1.165, 1.54) is 26.2 Å². The molecule has 0 radical (unpaired) electrons. The van der Waals surface area contributed by atoms with Crippen LogP contribution in [0.5, 0.6) is 11.5 Å². The van der Waals surface area contributed by atoms with Crippen LogP contribution in [0.15, 0.2) is 16.6 Å². The van der Waals surface area contributed by atoms with Crippen molar-refractivity contribution in [3.63, 3.8) is 0 Å². The van der Waals surface area contributed by atoms with E-state index in [0.29, 0.717) is 4.47 Å². The van der Waals surface area contributed by atoms with Crippen LogP contribution < -0.4 is 4.74 Å². The zero-order chi connectivity index (χ0) is 11.6. The molecule has 1 aromatic carbocycles. The molecule has 1 atom stereocenters. The van der Waals surface area contributed by atoms with Crippen molar-refractivity contribution in [2.75, 3.05) is 13.7 Å². The fourth-order valence-corrected chi connectivity index (χ4v) is 1.94. The number of aliphatic hydroxyl groups excluding tert-OH is 1. The Morgan fingerprint density at radius 2 is 2.13 bits per heavy atom. The van der Waals surface area contributed by atoms with E-state index in [0.717, 1.165) is 0 Å². The van der Waals surface area contributed by atoms with Crippen molar-refractivity contribution in [1.29, 1.82) is 0 Å². The van der Waals surface area contributed by atoms with Gasteiger partial charge in [0.15, 0.2) is 17.2 Å². The van der Waals surface area contributed by atoms with Crippen LogP contribution >= 0.6 is 15.9 Å². The Morgan fingerprint density at radius 3 is 2.60 bits per heavy atom. The van der Waals surface area contributed by atoms with Gasteiger partial charge in [-0.15, -0.1) is 0 Å². The molecule has 0 aromatic heterocycles. The van der Waals surface area contributed by atoms with Gasteiger partial charge in [-0.2, -0.15) is 0 Å². The molecular formula is C10H12BrFO3. The van der Waals surface area contributed by atoms with E-state index in [2.05, 4.69) is 15.9 Å². The topological polar surface area (TPSA) is 49.7 Å². The summed E-state index contributed by atoms with van der Waals surface area (Å²) in [6, 6.07) is 2.69. The summed E-state index contributed by atoms with van der Waals surface area (Å²) in [5.41, 5.74) is -1.64. The standard InChI is InChI=1S/C10H12BrFO3/c1-10(12,5-13)6-3-9(15-2)8(14)4-7(6)11/h3-4,13-14H,5H2,1-2H3. The molecule has 0 heterocycles. The van der Waals surface area contributed by atoms with Gasteiger partial charge in [-0.05, 0) is 19.1 Å². The molecule has 0 saturated carbocycles. The van der Waals surface area contributed by atoms with Crippen molar-refractivity contribution in [1.82, 2.24) is 0 Å². The smallest absolute Gasteiger partial charge is 0.160 e. The summed E-state index contributed by atoms with van der Waals surface area (Å²) in [5.74, 6) is 0.0902. The van der Waals surface area contributed by atoms with E-state index < -0.39 is 12.3 Å². The van der Waals surface area contributed by atoms with Crippen LogP contribution in [0.4, 0.5) is 4.39 Å². The highest BCUT2D eigenvalue weighted by Gasteiger charge is 2.28. The van der Waals surface area contributed by atoms with Crippen LogP contribution in [0.3, 0.4) is 0 Å². The lowest BCUT2D eigenvalue weighted by Gasteiger charge is -2.20. The maximum atomic E-state index is 13.8. The van der Waals surface area contributed by atoms with Crippen LogP contribution in [0.1, 0.15) is 12.5 Å². The molecule has 1 rings (SSSR count). The monoisotopic (exact) mass is 278 g/mol. The third-order valence-electron chi connectivity index (χ3n) is 2.13. The lowest BCUT2D eigenvalue weighted by Crippen LogP contribution is -2.20. The van der Waals surface area contributed by atoms with Gasteiger partial charge in [0.2, 0.25) is 0 Å². The summed E-state index contributed by atoms with van der Waals surface area (Å²) in [6.07, 6.45) is 0. The zero-order valence-corrected chi connectivity index (χ0v) is 10.0. The molecule has 1 unspecified atom stereocenters. The molecule has 0 amide bonds. The number of phenolic OH excluding ortho intramolecular Hbond substituents is 1. The lowest BCUT2D eigenvalue weighted by molar-refractivity contribution is 0.0858. The van der Waals surface area contributed by atoms with Crippen LogP contribution in [-0.4, -0.2) is 23.9 Å². The first-order chi connectivity index (χ1) is 6.92. The number of alkyl halides is 1. The second-order valence-corrected chi connectivity index (χ2v) is 4.21. The van der Waals surface area contributed by atoms with Gasteiger partial charge >= 0.3 is 0 Å². The van der Waals surface area contributed by atoms with E-state index >= 15 is 0 Å². The number of methoxy groups -OCH3 is 1. The maximum Gasteiger partial charge on any atom is 0.160 e. The van der Waals surface area contributed by atoms with Crippen molar-refractivity contribution < 1.29 is 19.3 Å². The number of hydrogen-bond acceptors (Lipinski definition) is 3. The number of hydrogen-bond donors (Lipinski definition) is 2. The van der Waals surface area contributed by atoms with Crippen molar-refractivity contribution in [3.05, 3.63) is 22.2 Å². The highest BCUT2D eigenvalue weighted by atomic mass is 79.9. The average Bonchev–Trinajstić information content (AvgIpc) is 2.17. The number of halogens is 2. The Balaban J connectivity index is 3.30. The molecule has 0 fully saturated rings. The fraction of sp³-hybridized carbons (Fsp3) is 0.400. The molecule has 0 spiro atoms. The van der Waals surface area contributed by atoms with Crippen molar-refractivity contribution in [2.24, 2.45) is 0 Å². The molecule has 15 heavy (non-hydrogen) atoms. The second-order valence-electron chi connectivity index (χ2n) is 3.36. The minimum absolute atomic E-state index is 0.0816. The molecular weight excluding hydrogens is 267 g/mol. The summed E-state index contributed by atoms with van der Waals surface area (Å²) in [7, 11) is 1.38. The SMILES string of the molecule is COc1cc(C(C)(F)CO)c(Br)cc1O. The first-order valence-corrected chi connectivity index (χ1v) is 5.08. The van der Waals surface area contributed by atoms with Crippen LogP contribution in [-0.2, 0) is 5.67 Å². The molecule has 2 N–H and O–H groups in total. The molecule has 84 valence electrons. The molecule has 0 aliphatic rings. The molecule has 1 aromatic rings. The fourth-order valence-electron chi connectivity index (χ4n) is 1.19.